The molecular weight excluding hydrogens is 350 g/mol. The molecule has 1 fully saturated rings. The average Bonchev–Trinajstić information content (AvgIpc) is 3.41. The number of imidazole rings is 2. The Hall–Kier alpha value is -2.02. The lowest BCUT2D eigenvalue weighted by Gasteiger charge is -2.38. The van der Waals surface area contributed by atoms with Gasteiger partial charge in [0, 0.05) is 56.5 Å². The summed E-state index contributed by atoms with van der Waals surface area (Å²) in [5.41, 5.74) is 8.56. The van der Waals surface area contributed by atoms with Crippen molar-refractivity contribution in [2.75, 3.05) is 42.5 Å². The number of nitrogens with zero attached hydrogens (tertiary/aromatic N) is 4. The molecular formula is C21H37N7. The Morgan fingerprint density at radius 3 is 2.21 bits per heavy atom. The van der Waals surface area contributed by atoms with Crippen LogP contribution in [0.5, 0.6) is 0 Å². The SMILES string of the molecule is CCN(CC)c1nc(C2CCCC(CN)(c3c[nH]c(N(CC)CC)n3)C2)c[nH]1. The molecule has 0 spiro atoms. The van der Waals surface area contributed by atoms with Crippen molar-refractivity contribution in [2.24, 2.45) is 5.73 Å². The van der Waals surface area contributed by atoms with Gasteiger partial charge in [-0.3, -0.25) is 0 Å². The summed E-state index contributed by atoms with van der Waals surface area (Å²) in [4.78, 5) is 21.2. The van der Waals surface area contributed by atoms with Crippen molar-refractivity contribution in [3.05, 3.63) is 23.8 Å². The number of aromatic amines is 2. The summed E-state index contributed by atoms with van der Waals surface area (Å²) >= 11 is 0. The zero-order chi connectivity index (χ0) is 20.1. The molecule has 0 aromatic carbocycles. The van der Waals surface area contributed by atoms with Crippen LogP contribution in [0.3, 0.4) is 0 Å². The maximum Gasteiger partial charge on any atom is 0.203 e. The first-order chi connectivity index (χ1) is 13.6. The Morgan fingerprint density at radius 2 is 1.61 bits per heavy atom. The van der Waals surface area contributed by atoms with Gasteiger partial charge in [0.05, 0.1) is 11.4 Å². The van der Waals surface area contributed by atoms with Gasteiger partial charge in [0.25, 0.3) is 0 Å². The lowest BCUT2D eigenvalue weighted by atomic mass is 9.67. The molecule has 0 saturated heterocycles. The highest BCUT2D eigenvalue weighted by Gasteiger charge is 2.40. The van der Waals surface area contributed by atoms with E-state index in [0.29, 0.717) is 12.5 Å². The van der Waals surface area contributed by atoms with E-state index in [9.17, 15) is 0 Å². The van der Waals surface area contributed by atoms with E-state index in [1.165, 1.54) is 5.69 Å². The van der Waals surface area contributed by atoms with Crippen LogP contribution in [0.1, 0.15) is 70.7 Å². The van der Waals surface area contributed by atoms with Crippen molar-refractivity contribution in [1.82, 2.24) is 19.9 Å². The molecule has 2 aromatic rings. The molecule has 2 aromatic heterocycles. The lowest BCUT2D eigenvalue weighted by Crippen LogP contribution is -2.40. The van der Waals surface area contributed by atoms with E-state index < -0.39 is 0 Å². The quantitative estimate of drug-likeness (QED) is 0.614. The second-order valence-electron chi connectivity index (χ2n) is 7.88. The van der Waals surface area contributed by atoms with Gasteiger partial charge < -0.3 is 25.5 Å². The minimum atomic E-state index is -0.0703. The van der Waals surface area contributed by atoms with E-state index in [2.05, 4.69) is 59.9 Å². The zero-order valence-corrected chi connectivity index (χ0v) is 18.0. The van der Waals surface area contributed by atoms with E-state index >= 15 is 0 Å². The third-order valence-corrected chi connectivity index (χ3v) is 6.47. The van der Waals surface area contributed by atoms with E-state index in [4.69, 9.17) is 15.7 Å². The predicted molar refractivity (Wildman–Crippen MR) is 116 cm³/mol. The summed E-state index contributed by atoms with van der Waals surface area (Å²) in [6, 6.07) is 0. The zero-order valence-electron chi connectivity index (χ0n) is 18.0. The lowest BCUT2D eigenvalue weighted by molar-refractivity contribution is 0.264. The molecule has 2 atom stereocenters. The van der Waals surface area contributed by atoms with Crippen molar-refractivity contribution in [2.45, 2.75) is 64.7 Å². The molecule has 1 saturated carbocycles. The summed E-state index contributed by atoms with van der Waals surface area (Å²) < 4.78 is 0. The maximum atomic E-state index is 6.35. The van der Waals surface area contributed by atoms with Crippen LogP contribution >= 0.6 is 0 Å². The highest BCUT2D eigenvalue weighted by Crippen LogP contribution is 2.45. The van der Waals surface area contributed by atoms with Gasteiger partial charge in [-0.1, -0.05) is 6.42 Å². The normalized spacial score (nSPS) is 22.4. The Kier molecular flexibility index (Phi) is 6.65. The van der Waals surface area contributed by atoms with Crippen LogP contribution in [0, 0.1) is 0 Å². The summed E-state index contributed by atoms with van der Waals surface area (Å²) in [5, 5.41) is 0. The molecule has 7 heteroatoms. The Bertz CT molecular complexity index is 729. The Labute approximate surface area is 169 Å². The van der Waals surface area contributed by atoms with Gasteiger partial charge in [-0.25, -0.2) is 9.97 Å². The van der Waals surface area contributed by atoms with Crippen LogP contribution in [0.2, 0.25) is 0 Å². The second kappa shape index (κ2) is 8.99. The molecule has 2 unspecified atom stereocenters. The van der Waals surface area contributed by atoms with E-state index in [0.717, 1.165) is 69.5 Å². The molecule has 0 radical (unpaired) electrons. The molecule has 156 valence electrons. The number of aromatic nitrogens is 4. The molecule has 0 bridgehead atoms. The number of hydrogen-bond donors (Lipinski definition) is 3. The summed E-state index contributed by atoms with van der Waals surface area (Å²) in [6.07, 6.45) is 8.59. The number of rotatable bonds is 9. The number of nitrogens with one attached hydrogen (secondary N) is 2. The van der Waals surface area contributed by atoms with Gasteiger partial charge in [0.15, 0.2) is 0 Å². The third kappa shape index (κ3) is 3.90. The molecule has 1 aliphatic rings. The molecule has 3 rings (SSSR count). The summed E-state index contributed by atoms with van der Waals surface area (Å²) in [7, 11) is 0. The largest absolute Gasteiger partial charge is 0.343 e. The number of nitrogens with two attached hydrogens (primary N) is 1. The number of H-pyrrole nitrogens is 2. The smallest absolute Gasteiger partial charge is 0.203 e. The Balaban J connectivity index is 1.82. The van der Waals surface area contributed by atoms with Crippen LogP contribution < -0.4 is 15.5 Å². The van der Waals surface area contributed by atoms with Gasteiger partial charge >= 0.3 is 0 Å². The van der Waals surface area contributed by atoms with Gasteiger partial charge in [-0.05, 0) is 47.0 Å². The fourth-order valence-corrected chi connectivity index (χ4v) is 4.63. The first-order valence-corrected chi connectivity index (χ1v) is 10.9. The number of hydrogen-bond acceptors (Lipinski definition) is 5. The van der Waals surface area contributed by atoms with Crippen LogP contribution in [0.25, 0.3) is 0 Å². The van der Waals surface area contributed by atoms with Gasteiger partial charge in [0.2, 0.25) is 11.9 Å². The van der Waals surface area contributed by atoms with E-state index in [1.54, 1.807) is 0 Å². The highest BCUT2D eigenvalue weighted by atomic mass is 15.3. The molecule has 0 amide bonds. The minimum Gasteiger partial charge on any atom is -0.343 e. The fourth-order valence-electron chi connectivity index (χ4n) is 4.63. The first kappa shape index (κ1) is 20.7. The van der Waals surface area contributed by atoms with Gasteiger partial charge in [-0.15, -0.1) is 0 Å². The Morgan fingerprint density at radius 1 is 1.00 bits per heavy atom. The van der Waals surface area contributed by atoms with Crippen LogP contribution in [0.4, 0.5) is 11.9 Å². The van der Waals surface area contributed by atoms with E-state index in [1.807, 2.05) is 0 Å². The summed E-state index contributed by atoms with van der Waals surface area (Å²) in [6.45, 7) is 13.1. The molecule has 0 aliphatic heterocycles. The second-order valence-corrected chi connectivity index (χ2v) is 7.88. The topological polar surface area (TPSA) is 89.9 Å². The predicted octanol–water partition coefficient (Wildman–Crippen LogP) is 3.38. The number of anilines is 2. The highest BCUT2D eigenvalue weighted by molar-refractivity contribution is 5.35. The van der Waals surface area contributed by atoms with Crippen molar-refractivity contribution < 1.29 is 0 Å². The monoisotopic (exact) mass is 387 g/mol. The van der Waals surface area contributed by atoms with E-state index in [-0.39, 0.29) is 5.41 Å². The minimum absolute atomic E-state index is 0.0703. The van der Waals surface area contributed by atoms with Crippen LogP contribution in [0.15, 0.2) is 12.4 Å². The van der Waals surface area contributed by atoms with Crippen molar-refractivity contribution in [1.29, 1.82) is 0 Å². The third-order valence-electron chi connectivity index (χ3n) is 6.47. The fraction of sp³-hybridized carbons (Fsp3) is 0.714. The van der Waals surface area contributed by atoms with Crippen LogP contribution in [-0.4, -0.2) is 52.7 Å². The van der Waals surface area contributed by atoms with Gasteiger partial charge in [0.1, 0.15) is 0 Å². The first-order valence-electron chi connectivity index (χ1n) is 10.9. The van der Waals surface area contributed by atoms with Crippen molar-refractivity contribution in [3.63, 3.8) is 0 Å². The van der Waals surface area contributed by atoms with Crippen molar-refractivity contribution in [3.8, 4) is 0 Å². The molecule has 28 heavy (non-hydrogen) atoms. The van der Waals surface area contributed by atoms with Crippen molar-refractivity contribution >= 4 is 11.9 Å². The standard InChI is InChI=1S/C21H37N7/c1-5-27(6-2)19-23-13-17(25-19)16-10-9-11-21(12-16,15-22)18-14-24-20(26-18)28(7-3)8-4/h13-14,16H,5-12,15,22H2,1-4H3,(H,23,25)(H,24,26). The summed E-state index contributed by atoms with van der Waals surface area (Å²) in [5.74, 6) is 2.36. The van der Waals surface area contributed by atoms with Gasteiger partial charge in [-0.2, -0.15) is 0 Å². The average molecular weight is 388 g/mol. The van der Waals surface area contributed by atoms with Crippen LogP contribution in [-0.2, 0) is 5.41 Å². The molecule has 2 heterocycles. The molecule has 4 N–H and O–H groups in total. The molecule has 1 aliphatic carbocycles. The molecule has 7 nitrogen and oxygen atoms in total. The maximum absolute atomic E-state index is 6.35.